The lowest BCUT2D eigenvalue weighted by Crippen LogP contribution is -2.40. The highest BCUT2D eigenvalue weighted by Crippen LogP contribution is 2.29. The van der Waals surface area contributed by atoms with Crippen LogP contribution in [0.1, 0.15) is 33.6 Å². The van der Waals surface area contributed by atoms with E-state index in [1.54, 1.807) is 6.07 Å². The van der Waals surface area contributed by atoms with Crippen molar-refractivity contribution in [3.8, 4) is 0 Å². The molecule has 22 heavy (non-hydrogen) atoms. The first-order valence-electron chi connectivity index (χ1n) is 7.25. The van der Waals surface area contributed by atoms with E-state index >= 15 is 0 Å². The number of esters is 1. The number of carbonyl (C=O) groups is 1. The lowest BCUT2D eigenvalue weighted by Gasteiger charge is -2.26. The first-order chi connectivity index (χ1) is 10.3. The summed E-state index contributed by atoms with van der Waals surface area (Å²) in [6.07, 6.45) is 3.13. The number of oxazole rings is 1. The minimum atomic E-state index is -0.512. The van der Waals surface area contributed by atoms with E-state index in [1.165, 1.54) is 6.20 Å². The molecule has 7 heteroatoms. The minimum Gasteiger partial charge on any atom is -0.458 e. The number of aromatic nitrogens is 2. The Morgan fingerprint density at radius 1 is 1.50 bits per heavy atom. The Kier molecular flexibility index (Phi) is 3.72. The molecule has 0 unspecified atom stereocenters. The summed E-state index contributed by atoms with van der Waals surface area (Å²) in [4.78, 5) is 22.7. The van der Waals surface area contributed by atoms with Gasteiger partial charge in [-0.2, -0.15) is 4.98 Å². The van der Waals surface area contributed by atoms with Crippen molar-refractivity contribution in [2.75, 3.05) is 11.4 Å². The van der Waals surface area contributed by atoms with Crippen LogP contribution in [0.3, 0.4) is 0 Å². The molecule has 0 N–H and O–H groups in total. The quantitative estimate of drug-likeness (QED) is 0.791. The molecule has 0 radical (unpaired) electrons. The molecule has 0 aromatic carbocycles. The fourth-order valence-electron chi connectivity index (χ4n) is 2.52. The lowest BCUT2D eigenvalue weighted by atomic mass is 10.1. The van der Waals surface area contributed by atoms with Gasteiger partial charge in [-0.05, 0) is 33.6 Å². The Bertz CT molecular complexity index is 708. The zero-order valence-electron chi connectivity index (χ0n) is 12.8. The molecule has 1 atom stereocenters. The zero-order chi connectivity index (χ0) is 15.9. The van der Waals surface area contributed by atoms with Crippen LogP contribution in [0, 0.1) is 0 Å². The first-order valence-corrected chi connectivity index (χ1v) is 7.63. The van der Waals surface area contributed by atoms with E-state index in [-0.39, 0.29) is 12.0 Å². The van der Waals surface area contributed by atoms with Crippen LogP contribution in [-0.4, -0.2) is 34.1 Å². The fraction of sp³-hybridized carbons (Fsp3) is 0.533. The molecule has 0 amide bonds. The Balaban J connectivity index is 1.86. The fourth-order valence-corrected chi connectivity index (χ4v) is 2.67. The Hall–Kier alpha value is -1.82. The smallest absolute Gasteiger partial charge is 0.329 e. The van der Waals surface area contributed by atoms with Crippen LogP contribution in [0.4, 0.5) is 6.01 Å². The molecule has 0 spiro atoms. The second-order valence-electron chi connectivity index (χ2n) is 6.36. The highest BCUT2D eigenvalue weighted by atomic mass is 35.5. The number of halogens is 1. The topological polar surface area (TPSA) is 68.5 Å². The van der Waals surface area contributed by atoms with Gasteiger partial charge < -0.3 is 14.1 Å². The third-order valence-corrected chi connectivity index (χ3v) is 3.59. The second-order valence-corrected chi connectivity index (χ2v) is 6.79. The molecule has 6 nitrogen and oxygen atoms in total. The van der Waals surface area contributed by atoms with Crippen molar-refractivity contribution in [1.82, 2.24) is 9.97 Å². The molecule has 1 fully saturated rings. The minimum absolute atomic E-state index is 0.252. The van der Waals surface area contributed by atoms with Crippen molar-refractivity contribution in [3.05, 3.63) is 17.3 Å². The van der Waals surface area contributed by atoms with Gasteiger partial charge in [0.05, 0.1) is 5.02 Å². The maximum absolute atomic E-state index is 12.3. The summed E-state index contributed by atoms with van der Waals surface area (Å²) >= 11 is 5.90. The summed E-state index contributed by atoms with van der Waals surface area (Å²) in [7, 11) is 0. The number of hydrogen-bond acceptors (Lipinski definition) is 6. The lowest BCUT2D eigenvalue weighted by molar-refractivity contribution is -0.156. The number of nitrogens with zero attached hydrogens (tertiary/aromatic N) is 3. The molecule has 118 valence electrons. The predicted octanol–water partition coefficient (Wildman–Crippen LogP) is 3.19. The van der Waals surface area contributed by atoms with Gasteiger partial charge >= 0.3 is 12.0 Å². The van der Waals surface area contributed by atoms with Crippen LogP contribution >= 0.6 is 11.6 Å². The monoisotopic (exact) mass is 323 g/mol. The summed E-state index contributed by atoms with van der Waals surface area (Å²) in [5, 5.41) is 0.486. The average molecular weight is 324 g/mol. The third kappa shape index (κ3) is 3.02. The van der Waals surface area contributed by atoms with Crippen LogP contribution in [0.2, 0.25) is 5.02 Å². The molecule has 0 aliphatic carbocycles. The van der Waals surface area contributed by atoms with E-state index in [2.05, 4.69) is 9.97 Å². The van der Waals surface area contributed by atoms with Crippen LogP contribution < -0.4 is 4.90 Å². The Labute approximate surface area is 133 Å². The number of anilines is 1. The SMILES string of the molecule is CC(C)(C)OC(=O)[C@@H]1CCCN1c1nc2ncc(Cl)cc2o1. The number of pyridine rings is 1. The standard InChI is InChI=1S/C15H18ClN3O3/c1-15(2,3)22-13(20)10-5-4-6-19(10)14-18-12-11(21-14)7-9(16)8-17-12/h7-8,10H,4-6H2,1-3H3/t10-/m0/s1. The van der Waals surface area contributed by atoms with Gasteiger partial charge in [0.25, 0.3) is 0 Å². The van der Waals surface area contributed by atoms with Gasteiger partial charge in [-0.25, -0.2) is 9.78 Å². The number of ether oxygens (including phenoxy) is 1. The molecule has 3 heterocycles. The average Bonchev–Trinajstić information content (AvgIpc) is 3.01. The van der Waals surface area contributed by atoms with Crippen molar-refractivity contribution >= 4 is 34.8 Å². The summed E-state index contributed by atoms with van der Waals surface area (Å²) in [6.45, 7) is 6.27. The van der Waals surface area contributed by atoms with E-state index in [1.807, 2.05) is 25.7 Å². The molecule has 0 bridgehead atoms. The molecule has 2 aromatic heterocycles. The van der Waals surface area contributed by atoms with Crippen LogP contribution in [0.15, 0.2) is 16.7 Å². The van der Waals surface area contributed by atoms with E-state index < -0.39 is 5.60 Å². The van der Waals surface area contributed by atoms with Gasteiger partial charge in [-0.1, -0.05) is 11.6 Å². The largest absolute Gasteiger partial charge is 0.458 e. The van der Waals surface area contributed by atoms with Crippen molar-refractivity contribution < 1.29 is 13.9 Å². The van der Waals surface area contributed by atoms with Crippen molar-refractivity contribution in [2.45, 2.75) is 45.3 Å². The van der Waals surface area contributed by atoms with Crippen molar-refractivity contribution in [2.24, 2.45) is 0 Å². The van der Waals surface area contributed by atoms with Gasteiger partial charge in [0.15, 0.2) is 5.58 Å². The zero-order valence-corrected chi connectivity index (χ0v) is 13.6. The Morgan fingerprint density at radius 3 is 3.00 bits per heavy atom. The number of rotatable bonds is 2. The Morgan fingerprint density at radius 2 is 2.27 bits per heavy atom. The van der Waals surface area contributed by atoms with Crippen LogP contribution in [0.25, 0.3) is 11.2 Å². The van der Waals surface area contributed by atoms with Crippen LogP contribution in [0.5, 0.6) is 0 Å². The van der Waals surface area contributed by atoms with Crippen molar-refractivity contribution in [1.29, 1.82) is 0 Å². The maximum atomic E-state index is 12.3. The maximum Gasteiger partial charge on any atom is 0.329 e. The number of hydrogen-bond donors (Lipinski definition) is 0. The third-order valence-electron chi connectivity index (χ3n) is 3.38. The molecular weight excluding hydrogens is 306 g/mol. The van der Waals surface area contributed by atoms with Crippen molar-refractivity contribution in [3.63, 3.8) is 0 Å². The van der Waals surface area contributed by atoms with Gasteiger partial charge in [0.2, 0.25) is 5.65 Å². The van der Waals surface area contributed by atoms with Gasteiger partial charge in [0, 0.05) is 18.8 Å². The number of carbonyl (C=O) groups excluding carboxylic acids is 1. The molecule has 3 rings (SSSR count). The van der Waals surface area contributed by atoms with Crippen LogP contribution in [-0.2, 0) is 9.53 Å². The summed E-state index contributed by atoms with van der Waals surface area (Å²) in [5.74, 6) is -0.252. The molecule has 1 aliphatic rings. The normalized spacial score (nSPS) is 18.9. The van der Waals surface area contributed by atoms with Gasteiger partial charge in [-0.3, -0.25) is 0 Å². The van der Waals surface area contributed by atoms with E-state index in [0.29, 0.717) is 28.8 Å². The molecule has 1 aliphatic heterocycles. The first kappa shape index (κ1) is 15.1. The van der Waals surface area contributed by atoms with Gasteiger partial charge in [0.1, 0.15) is 11.6 Å². The van der Waals surface area contributed by atoms with E-state index in [9.17, 15) is 4.79 Å². The van der Waals surface area contributed by atoms with E-state index in [4.69, 9.17) is 20.8 Å². The molecule has 0 saturated carbocycles. The van der Waals surface area contributed by atoms with E-state index in [0.717, 1.165) is 12.8 Å². The molecular formula is C15H18ClN3O3. The summed E-state index contributed by atoms with van der Waals surface area (Å²) in [5.41, 5.74) is 0.480. The number of fused-ring (bicyclic) bond motifs is 1. The highest BCUT2D eigenvalue weighted by molar-refractivity contribution is 6.30. The molecule has 1 saturated heterocycles. The second kappa shape index (κ2) is 5.43. The highest BCUT2D eigenvalue weighted by Gasteiger charge is 2.36. The summed E-state index contributed by atoms with van der Waals surface area (Å²) < 4.78 is 11.2. The summed E-state index contributed by atoms with van der Waals surface area (Å²) in [6, 6.07) is 1.68. The molecule has 2 aromatic rings. The van der Waals surface area contributed by atoms with Gasteiger partial charge in [-0.15, -0.1) is 0 Å². The predicted molar refractivity (Wildman–Crippen MR) is 83.0 cm³/mol.